The van der Waals surface area contributed by atoms with Gasteiger partial charge in [0.2, 0.25) is 5.91 Å². The maximum atomic E-state index is 11.6. The number of nitrogens with zero attached hydrogens (tertiary/aromatic N) is 1. The number of carbonyl (C=O) groups is 1. The van der Waals surface area contributed by atoms with Crippen LogP contribution in [0.15, 0.2) is 0 Å². The minimum atomic E-state index is -0.102. The van der Waals surface area contributed by atoms with Gasteiger partial charge in [-0.25, -0.2) is 0 Å². The number of rotatable bonds is 6. The molecule has 1 aliphatic rings. The van der Waals surface area contributed by atoms with Crippen molar-refractivity contribution in [2.45, 2.75) is 32.8 Å². The van der Waals surface area contributed by atoms with Crippen molar-refractivity contribution < 1.29 is 9.90 Å². The van der Waals surface area contributed by atoms with Crippen LogP contribution in [0.1, 0.15) is 26.7 Å². The Morgan fingerprint density at radius 3 is 2.47 bits per heavy atom. The summed E-state index contributed by atoms with van der Waals surface area (Å²) in [6.45, 7) is 6.81. The van der Waals surface area contributed by atoms with E-state index in [0.717, 1.165) is 32.5 Å². The molecule has 4 heteroatoms. The Kier molecular flexibility index (Phi) is 5.05. The standard InChI is InChI=1S/C11H22N2O2/c1-3-13(4-2)11(15)8-12-7-9-5-10(14)6-9/h9-10,12,14H,3-8H2,1-2H3. The molecule has 0 aromatic carbocycles. The first-order chi connectivity index (χ1) is 7.17. The molecule has 0 aromatic heterocycles. The van der Waals surface area contributed by atoms with Crippen molar-refractivity contribution >= 4 is 5.91 Å². The average molecular weight is 214 g/mol. The lowest BCUT2D eigenvalue weighted by Gasteiger charge is -2.31. The fraction of sp³-hybridized carbons (Fsp3) is 0.909. The molecule has 0 spiro atoms. The van der Waals surface area contributed by atoms with Gasteiger partial charge < -0.3 is 15.3 Å². The second kappa shape index (κ2) is 6.08. The molecule has 0 saturated heterocycles. The smallest absolute Gasteiger partial charge is 0.236 e. The summed E-state index contributed by atoms with van der Waals surface area (Å²) in [6, 6.07) is 0. The topological polar surface area (TPSA) is 52.6 Å². The Hall–Kier alpha value is -0.610. The maximum Gasteiger partial charge on any atom is 0.236 e. The van der Waals surface area contributed by atoms with E-state index in [1.165, 1.54) is 0 Å². The van der Waals surface area contributed by atoms with Gasteiger partial charge in [-0.3, -0.25) is 4.79 Å². The summed E-state index contributed by atoms with van der Waals surface area (Å²) in [6.07, 6.45) is 1.66. The molecule has 1 rings (SSSR count). The average Bonchev–Trinajstić information content (AvgIpc) is 2.17. The van der Waals surface area contributed by atoms with Gasteiger partial charge in [-0.1, -0.05) is 0 Å². The van der Waals surface area contributed by atoms with Gasteiger partial charge in [0.25, 0.3) is 0 Å². The van der Waals surface area contributed by atoms with Crippen LogP contribution < -0.4 is 5.32 Å². The number of amides is 1. The van der Waals surface area contributed by atoms with Gasteiger partial charge in [0.15, 0.2) is 0 Å². The van der Waals surface area contributed by atoms with Crippen molar-refractivity contribution in [3.63, 3.8) is 0 Å². The first-order valence-corrected chi connectivity index (χ1v) is 5.83. The van der Waals surface area contributed by atoms with Crippen LogP contribution in [0.25, 0.3) is 0 Å². The molecule has 0 bridgehead atoms. The Morgan fingerprint density at radius 2 is 2.00 bits per heavy atom. The molecule has 0 atom stereocenters. The molecule has 0 radical (unpaired) electrons. The normalized spacial score (nSPS) is 24.7. The molecule has 2 N–H and O–H groups in total. The molecule has 0 heterocycles. The highest BCUT2D eigenvalue weighted by atomic mass is 16.3. The minimum Gasteiger partial charge on any atom is -0.393 e. The zero-order chi connectivity index (χ0) is 11.3. The third kappa shape index (κ3) is 3.80. The van der Waals surface area contributed by atoms with E-state index in [-0.39, 0.29) is 12.0 Å². The first kappa shape index (κ1) is 12.5. The van der Waals surface area contributed by atoms with E-state index in [0.29, 0.717) is 12.5 Å². The van der Waals surface area contributed by atoms with Crippen molar-refractivity contribution in [2.24, 2.45) is 5.92 Å². The molecule has 4 nitrogen and oxygen atoms in total. The molecule has 88 valence electrons. The van der Waals surface area contributed by atoms with Crippen LogP contribution >= 0.6 is 0 Å². The number of hydrogen-bond acceptors (Lipinski definition) is 3. The quantitative estimate of drug-likeness (QED) is 0.665. The van der Waals surface area contributed by atoms with Crippen molar-refractivity contribution in [3.05, 3.63) is 0 Å². The van der Waals surface area contributed by atoms with Crippen LogP contribution in [0, 0.1) is 5.92 Å². The molecule has 1 amide bonds. The van der Waals surface area contributed by atoms with Gasteiger partial charge in [-0.05, 0) is 39.2 Å². The highest BCUT2D eigenvalue weighted by Gasteiger charge is 2.26. The van der Waals surface area contributed by atoms with E-state index in [1.807, 2.05) is 18.7 Å². The molecule has 0 aromatic rings. The fourth-order valence-corrected chi connectivity index (χ4v) is 1.94. The minimum absolute atomic E-state index is 0.102. The number of aliphatic hydroxyl groups excluding tert-OH is 1. The summed E-state index contributed by atoms with van der Waals surface area (Å²) in [5.74, 6) is 0.726. The van der Waals surface area contributed by atoms with Gasteiger partial charge >= 0.3 is 0 Å². The molecule has 0 unspecified atom stereocenters. The maximum absolute atomic E-state index is 11.6. The van der Waals surface area contributed by atoms with E-state index in [9.17, 15) is 4.79 Å². The lowest BCUT2D eigenvalue weighted by Crippen LogP contribution is -2.42. The lowest BCUT2D eigenvalue weighted by molar-refractivity contribution is -0.129. The van der Waals surface area contributed by atoms with Gasteiger partial charge in [-0.2, -0.15) is 0 Å². The number of aliphatic hydroxyl groups is 1. The SMILES string of the molecule is CCN(CC)C(=O)CNCC1CC(O)C1. The van der Waals surface area contributed by atoms with Gasteiger partial charge in [-0.15, -0.1) is 0 Å². The third-order valence-corrected chi connectivity index (χ3v) is 3.04. The Bertz CT molecular complexity index is 199. The van der Waals surface area contributed by atoms with Crippen LogP contribution in [0.2, 0.25) is 0 Å². The Morgan fingerprint density at radius 1 is 1.40 bits per heavy atom. The van der Waals surface area contributed by atoms with Gasteiger partial charge in [0.1, 0.15) is 0 Å². The van der Waals surface area contributed by atoms with Gasteiger partial charge in [0.05, 0.1) is 12.6 Å². The first-order valence-electron chi connectivity index (χ1n) is 5.83. The van der Waals surface area contributed by atoms with E-state index in [2.05, 4.69) is 5.32 Å². The molecule has 1 fully saturated rings. The van der Waals surface area contributed by atoms with Crippen LogP contribution in [-0.2, 0) is 4.79 Å². The molecular formula is C11H22N2O2. The van der Waals surface area contributed by atoms with E-state index in [4.69, 9.17) is 5.11 Å². The summed E-state index contributed by atoms with van der Waals surface area (Å²) in [5, 5.41) is 12.2. The summed E-state index contributed by atoms with van der Waals surface area (Å²) < 4.78 is 0. The summed E-state index contributed by atoms with van der Waals surface area (Å²) in [4.78, 5) is 13.4. The van der Waals surface area contributed by atoms with Crippen molar-refractivity contribution in [3.8, 4) is 0 Å². The zero-order valence-electron chi connectivity index (χ0n) is 9.70. The zero-order valence-corrected chi connectivity index (χ0v) is 9.70. The van der Waals surface area contributed by atoms with Crippen molar-refractivity contribution in [1.29, 1.82) is 0 Å². The largest absolute Gasteiger partial charge is 0.393 e. The second-order valence-electron chi connectivity index (χ2n) is 4.19. The van der Waals surface area contributed by atoms with Crippen LogP contribution in [0.3, 0.4) is 0 Å². The number of nitrogens with one attached hydrogen (secondary N) is 1. The van der Waals surface area contributed by atoms with E-state index >= 15 is 0 Å². The molecular weight excluding hydrogens is 192 g/mol. The highest BCUT2D eigenvalue weighted by Crippen LogP contribution is 2.25. The second-order valence-corrected chi connectivity index (χ2v) is 4.19. The molecule has 1 aliphatic carbocycles. The number of carbonyl (C=O) groups excluding carboxylic acids is 1. The third-order valence-electron chi connectivity index (χ3n) is 3.04. The Balaban J connectivity index is 2.06. The summed E-state index contributed by atoms with van der Waals surface area (Å²) in [7, 11) is 0. The predicted molar refractivity (Wildman–Crippen MR) is 59.5 cm³/mol. The highest BCUT2D eigenvalue weighted by molar-refractivity contribution is 5.78. The summed E-state index contributed by atoms with van der Waals surface area (Å²) >= 11 is 0. The van der Waals surface area contributed by atoms with Crippen LogP contribution in [-0.4, -0.2) is 48.2 Å². The van der Waals surface area contributed by atoms with Gasteiger partial charge in [0, 0.05) is 13.1 Å². The van der Waals surface area contributed by atoms with E-state index < -0.39 is 0 Å². The summed E-state index contributed by atoms with van der Waals surface area (Å²) in [5.41, 5.74) is 0. The predicted octanol–water partition coefficient (Wildman–Crippen LogP) is 0.215. The van der Waals surface area contributed by atoms with Crippen molar-refractivity contribution in [2.75, 3.05) is 26.2 Å². The fourth-order valence-electron chi connectivity index (χ4n) is 1.94. The molecule has 0 aliphatic heterocycles. The van der Waals surface area contributed by atoms with Crippen LogP contribution in [0.5, 0.6) is 0 Å². The monoisotopic (exact) mass is 214 g/mol. The van der Waals surface area contributed by atoms with Crippen LogP contribution in [0.4, 0.5) is 0 Å². The number of hydrogen-bond donors (Lipinski definition) is 2. The number of likely N-dealkylation sites (N-methyl/N-ethyl adjacent to an activating group) is 1. The lowest BCUT2D eigenvalue weighted by atomic mass is 9.82. The van der Waals surface area contributed by atoms with Crippen molar-refractivity contribution in [1.82, 2.24) is 10.2 Å². The van der Waals surface area contributed by atoms with E-state index in [1.54, 1.807) is 0 Å². The molecule has 15 heavy (non-hydrogen) atoms. The Labute approximate surface area is 91.6 Å². The molecule has 1 saturated carbocycles.